The first kappa shape index (κ1) is 29.6. The van der Waals surface area contributed by atoms with Gasteiger partial charge in [-0.05, 0) is 57.4 Å². The van der Waals surface area contributed by atoms with Crippen molar-refractivity contribution in [1.29, 1.82) is 0 Å². The molecule has 0 saturated carbocycles. The first-order valence-electron chi connectivity index (χ1n) is 13.5. The second kappa shape index (κ2) is 12.9. The number of hydrogen-bond donors (Lipinski definition) is 3. The van der Waals surface area contributed by atoms with Crippen molar-refractivity contribution >= 4 is 24.0 Å². The van der Waals surface area contributed by atoms with Gasteiger partial charge < -0.3 is 35.1 Å². The molecule has 0 bridgehead atoms. The van der Waals surface area contributed by atoms with Crippen molar-refractivity contribution in [2.45, 2.75) is 63.9 Å². The lowest BCUT2D eigenvalue weighted by Gasteiger charge is -2.30. The van der Waals surface area contributed by atoms with Gasteiger partial charge in [-0.3, -0.25) is 9.59 Å². The summed E-state index contributed by atoms with van der Waals surface area (Å²) in [5, 5.41) is 8.07. The van der Waals surface area contributed by atoms with Crippen LogP contribution >= 0.6 is 0 Å². The van der Waals surface area contributed by atoms with Gasteiger partial charge in [-0.25, -0.2) is 14.0 Å². The highest BCUT2D eigenvalue weighted by atomic mass is 19.1. The van der Waals surface area contributed by atoms with Gasteiger partial charge >= 0.3 is 12.2 Å². The van der Waals surface area contributed by atoms with E-state index in [-0.39, 0.29) is 44.0 Å². The molecule has 0 aromatic heterocycles. The number of fused-ring (bicyclic) bond motifs is 2. The van der Waals surface area contributed by atoms with Crippen molar-refractivity contribution in [2.75, 3.05) is 19.7 Å². The number of ether oxygens (including phenoxy) is 3. The number of nitrogens with one attached hydrogen (secondary N) is 3. The van der Waals surface area contributed by atoms with E-state index in [1.54, 1.807) is 32.9 Å². The lowest BCUT2D eigenvalue weighted by molar-refractivity contribution is -0.135. The fraction of sp³-hybridized carbons (Fsp3) is 0.448. The second-order valence-corrected chi connectivity index (χ2v) is 11.0. The van der Waals surface area contributed by atoms with Crippen molar-refractivity contribution < 1.29 is 37.8 Å². The van der Waals surface area contributed by atoms with E-state index < -0.39 is 53.5 Å². The van der Waals surface area contributed by atoms with Crippen LogP contribution in [0.3, 0.4) is 0 Å². The highest BCUT2D eigenvalue weighted by molar-refractivity contribution is 5.97. The van der Waals surface area contributed by atoms with E-state index in [0.29, 0.717) is 6.42 Å². The lowest BCUT2D eigenvalue weighted by Crippen LogP contribution is -2.53. The van der Waals surface area contributed by atoms with Crippen LogP contribution in [-0.4, -0.2) is 72.3 Å². The Morgan fingerprint density at radius 1 is 1.10 bits per heavy atom. The van der Waals surface area contributed by atoms with Gasteiger partial charge in [0.1, 0.15) is 36.4 Å². The average Bonchev–Trinajstić information content (AvgIpc) is 3.31. The fourth-order valence-corrected chi connectivity index (χ4v) is 4.70. The van der Waals surface area contributed by atoms with Crippen molar-refractivity contribution in [3.8, 4) is 5.75 Å². The van der Waals surface area contributed by atoms with Crippen molar-refractivity contribution in [3.63, 3.8) is 0 Å². The summed E-state index contributed by atoms with van der Waals surface area (Å²) in [6, 6.07) is 10.7. The minimum atomic E-state index is -1.05. The molecule has 1 saturated heterocycles. The molecule has 2 aliphatic heterocycles. The summed E-state index contributed by atoms with van der Waals surface area (Å²) in [5.74, 6) is -1.43. The monoisotopic (exact) mass is 570 g/mol. The number of hydrogen-bond acceptors (Lipinski definition) is 7. The molecular weight excluding hydrogens is 535 g/mol. The summed E-state index contributed by atoms with van der Waals surface area (Å²) in [7, 11) is 0. The molecule has 11 nitrogen and oxygen atoms in total. The first-order valence-corrected chi connectivity index (χ1v) is 13.5. The molecule has 2 heterocycles. The lowest BCUT2D eigenvalue weighted by atomic mass is 10.1. The third kappa shape index (κ3) is 8.32. The predicted molar refractivity (Wildman–Crippen MR) is 146 cm³/mol. The number of nitrogens with zero attached hydrogens (tertiary/aromatic N) is 1. The van der Waals surface area contributed by atoms with Crippen LogP contribution in [0.5, 0.6) is 5.75 Å². The third-order valence-electron chi connectivity index (χ3n) is 6.56. The normalized spacial score (nSPS) is 21.2. The van der Waals surface area contributed by atoms with E-state index in [1.165, 1.54) is 17.0 Å². The largest absolute Gasteiger partial charge is 0.491 e. The van der Waals surface area contributed by atoms with Crippen molar-refractivity contribution in [2.24, 2.45) is 0 Å². The Morgan fingerprint density at radius 3 is 2.59 bits per heavy atom. The van der Waals surface area contributed by atoms with Gasteiger partial charge in [0.15, 0.2) is 0 Å². The van der Waals surface area contributed by atoms with Crippen molar-refractivity contribution in [3.05, 3.63) is 65.5 Å². The Balaban J connectivity index is 1.53. The maximum Gasteiger partial charge on any atom is 0.408 e. The summed E-state index contributed by atoms with van der Waals surface area (Å²) in [6.07, 6.45) is -1.04. The smallest absolute Gasteiger partial charge is 0.408 e. The van der Waals surface area contributed by atoms with Crippen LogP contribution in [0, 0.1) is 5.82 Å². The zero-order chi connectivity index (χ0) is 29.6. The van der Waals surface area contributed by atoms with Crippen LogP contribution < -0.4 is 20.7 Å². The van der Waals surface area contributed by atoms with Crippen LogP contribution in [-0.2, 0) is 20.9 Å². The molecule has 0 aliphatic carbocycles. The number of carbonyl (C=O) groups excluding carboxylic acids is 4. The number of carbonyl (C=O) groups is 4. The molecular formula is C29H35FN4O7. The maximum absolute atomic E-state index is 14.0. The number of alkyl carbamates (subject to hydrolysis) is 2. The summed E-state index contributed by atoms with van der Waals surface area (Å²) >= 11 is 0. The number of halogens is 1. The quantitative estimate of drug-likeness (QED) is 0.514. The molecule has 3 N–H and O–H groups in total. The molecule has 41 heavy (non-hydrogen) atoms. The van der Waals surface area contributed by atoms with Crippen molar-refractivity contribution in [1.82, 2.24) is 20.9 Å². The standard InChI is InChI=1S/C29H35FN4O7/c1-29(2,3)41-28(38)32-20-14-21-17-39-24-10-9-19(30)13-22(24)25(35)31-12-11-23(26(36)34(21)15-20)33-27(37)40-16-18-7-5-4-6-8-18/h4-10,13,20-21,23H,11-12,14-17H2,1-3H3,(H,31,35)(H,32,38)(H,33,37)/t20-,21-,23-/m0/s1. The summed E-state index contributed by atoms with van der Waals surface area (Å²) in [5.41, 5.74) is 0.0826. The van der Waals surface area contributed by atoms with E-state index >= 15 is 0 Å². The van der Waals surface area contributed by atoms with Gasteiger partial charge in [0, 0.05) is 13.1 Å². The van der Waals surface area contributed by atoms with Crippen LogP contribution in [0.4, 0.5) is 14.0 Å². The molecule has 1 fully saturated rings. The Morgan fingerprint density at radius 2 is 1.85 bits per heavy atom. The summed E-state index contributed by atoms with van der Waals surface area (Å²) < 4.78 is 30.6. The van der Waals surface area contributed by atoms with Gasteiger partial charge in [-0.1, -0.05) is 30.3 Å². The topological polar surface area (TPSA) is 135 Å². The number of benzene rings is 2. The van der Waals surface area contributed by atoms with Crippen LogP contribution in [0.15, 0.2) is 48.5 Å². The minimum Gasteiger partial charge on any atom is -0.491 e. The first-order chi connectivity index (χ1) is 19.5. The zero-order valence-electron chi connectivity index (χ0n) is 23.3. The molecule has 220 valence electrons. The Kier molecular flexibility index (Phi) is 9.31. The van der Waals surface area contributed by atoms with Gasteiger partial charge in [0.05, 0.1) is 17.6 Å². The second-order valence-electron chi connectivity index (χ2n) is 11.0. The molecule has 3 atom stereocenters. The molecule has 12 heteroatoms. The molecule has 0 radical (unpaired) electrons. The van der Waals surface area contributed by atoms with E-state index in [9.17, 15) is 23.6 Å². The molecule has 4 rings (SSSR count). The van der Waals surface area contributed by atoms with Gasteiger partial charge in [0.2, 0.25) is 5.91 Å². The third-order valence-corrected chi connectivity index (χ3v) is 6.56. The SMILES string of the molecule is CC(C)(C)OC(=O)N[C@H]1C[C@H]2COc3ccc(F)cc3C(=O)NCC[C@H](NC(=O)OCc3ccccc3)C(=O)N2C1. The number of rotatable bonds is 4. The highest BCUT2D eigenvalue weighted by Crippen LogP contribution is 2.25. The molecule has 0 unspecified atom stereocenters. The van der Waals surface area contributed by atoms with Crippen LogP contribution in [0.25, 0.3) is 0 Å². The Bertz CT molecular complexity index is 1270. The molecule has 4 amide bonds. The molecule has 2 aliphatic rings. The Labute approximate surface area is 237 Å². The van der Waals surface area contributed by atoms with Gasteiger partial charge in [-0.2, -0.15) is 0 Å². The average molecular weight is 571 g/mol. The van der Waals surface area contributed by atoms with Crippen LogP contribution in [0.2, 0.25) is 0 Å². The predicted octanol–water partition coefficient (Wildman–Crippen LogP) is 3.13. The highest BCUT2D eigenvalue weighted by Gasteiger charge is 2.40. The van der Waals surface area contributed by atoms with E-state index in [2.05, 4.69) is 16.0 Å². The fourth-order valence-electron chi connectivity index (χ4n) is 4.70. The summed E-state index contributed by atoms with van der Waals surface area (Å²) in [6.45, 7) is 5.37. The summed E-state index contributed by atoms with van der Waals surface area (Å²) in [4.78, 5) is 53.3. The number of amides is 4. The molecule has 0 spiro atoms. The maximum atomic E-state index is 14.0. The van der Waals surface area contributed by atoms with E-state index in [4.69, 9.17) is 14.2 Å². The zero-order valence-corrected chi connectivity index (χ0v) is 23.3. The van der Waals surface area contributed by atoms with Crippen LogP contribution in [0.1, 0.15) is 49.5 Å². The van der Waals surface area contributed by atoms with Gasteiger partial charge in [0.25, 0.3) is 5.91 Å². The molecule has 2 aromatic carbocycles. The van der Waals surface area contributed by atoms with Gasteiger partial charge in [-0.15, -0.1) is 0 Å². The minimum absolute atomic E-state index is 0.00223. The van der Waals surface area contributed by atoms with E-state index in [0.717, 1.165) is 11.6 Å². The Hall–Kier alpha value is -4.35. The molecule has 2 aromatic rings. The van der Waals surface area contributed by atoms with E-state index in [1.807, 2.05) is 18.2 Å².